The minimum Gasteiger partial charge on any atom is -0.388 e. The van der Waals surface area contributed by atoms with Crippen LogP contribution in [-0.4, -0.2) is 19.9 Å². The molecule has 0 saturated heterocycles. The van der Waals surface area contributed by atoms with Gasteiger partial charge in [0.25, 0.3) is 0 Å². The van der Waals surface area contributed by atoms with Gasteiger partial charge in [0, 0.05) is 0 Å². The van der Waals surface area contributed by atoms with Crippen molar-refractivity contribution < 1.29 is 5.11 Å². The first-order chi connectivity index (χ1) is 8.72. The summed E-state index contributed by atoms with van der Waals surface area (Å²) < 4.78 is 2.36. The molecule has 0 aliphatic rings. The van der Waals surface area contributed by atoms with Crippen LogP contribution in [0.15, 0.2) is 18.2 Å². The average Bonchev–Trinajstić information content (AvgIpc) is 2.78. The number of aromatic amines is 1. The highest BCUT2D eigenvalue weighted by atomic mass is 32.1. The first kappa shape index (κ1) is 13.0. The molecule has 0 saturated carbocycles. The molecule has 0 unspecified atom stereocenters. The van der Waals surface area contributed by atoms with Gasteiger partial charge in [0.2, 0.25) is 0 Å². The molecule has 5 heteroatoms. The molecule has 0 fully saturated rings. The normalized spacial score (nSPS) is 10.8. The molecule has 0 atom stereocenters. The molecule has 1 aromatic heterocycles. The van der Waals surface area contributed by atoms with Crippen molar-refractivity contribution in [1.29, 1.82) is 0 Å². The van der Waals surface area contributed by atoms with Gasteiger partial charge in [-0.15, -0.1) is 0 Å². The number of aliphatic hydroxyl groups is 1. The second-order valence-electron chi connectivity index (χ2n) is 4.07. The van der Waals surface area contributed by atoms with Crippen LogP contribution in [0, 0.1) is 4.77 Å². The average molecular weight is 263 g/mol. The Kier molecular flexibility index (Phi) is 3.93. The Morgan fingerprint density at radius 3 is 2.39 bits per heavy atom. The number of nitrogens with zero attached hydrogens (tertiary/aromatic N) is 2. The summed E-state index contributed by atoms with van der Waals surface area (Å²) in [5, 5.41) is 16.2. The molecule has 0 bridgehead atoms. The van der Waals surface area contributed by atoms with Crippen LogP contribution < -0.4 is 0 Å². The summed E-state index contributed by atoms with van der Waals surface area (Å²) in [5.74, 6) is 0.551. The summed E-state index contributed by atoms with van der Waals surface area (Å²) in [4.78, 5) is 0. The Balaban J connectivity index is 2.76. The number of hydrogen-bond acceptors (Lipinski definition) is 3. The van der Waals surface area contributed by atoms with E-state index in [9.17, 15) is 5.11 Å². The topological polar surface area (TPSA) is 53.8 Å². The summed E-state index contributed by atoms with van der Waals surface area (Å²) in [6.45, 7) is 4.09. The van der Waals surface area contributed by atoms with Crippen molar-refractivity contribution in [1.82, 2.24) is 14.8 Å². The molecular formula is C13H17N3OS. The smallest absolute Gasteiger partial charge is 0.199 e. The van der Waals surface area contributed by atoms with Crippen LogP contribution in [0.1, 0.15) is 30.8 Å². The van der Waals surface area contributed by atoms with E-state index in [-0.39, 0.29) is 6.61 Å². The second kappa shape index (κ2) is 5.46. The number of rotatable bonds is 4. The predicted octanol–water partition coefficient (Wildman–Crippen LogP) is 2.55. The Morgan fingerprint density at radius 1 is 1.28 bits per heavy atom. The fourth-order valence-corrected chi connectivity index (χ4v) is 2.41. The van der Waals surface area contributed by atoms with Crippen LogP contribution in [0.3, 0.4) is 0 Å². The number of hydrogen-bond donors (Lipinski definition) is 2. The zero-order valence-electron chi connectivity index (χ0n) is 10.6. The lowest BCUT2D eigenvalue weighted by atomic mass is 10.0. The van der Waals surface area contributed by atoms with Crippen LogP contribution in [-0.2, 0) is 19.4 Å². The largest absolute Gasteiger partial charge is 0.388 e. The van der Waals surface area contributed by atoms with Crippen molar-refractivity contribution in [3.05, 3.63) is 39.9 Å². The summed E-state index contributed by atoms with van der Waals surface area (Å²) in [5.41, 5.74) is 3.48. The molecule has 0 aliphatic heterocycles. The van der Waals surface area contributed by atoms with E-state index >= 15 is 0 Å². The van der Waals surface area contributed by atoms with E-state index in [1.54, 1.807) is 0 Å². The lowest BCUT2D eigenvalue weighted by Gasteiger charge is -2.15. The second-order valence-corrected chi connectivity index (χ2v) is 4.46. The molecular weight excluding hydrogens is 246 g/mol. The molecule has 2 rings (SSSR count). The number of nitrogens with one attached hydrogen (secondary N) is 1. The van der Waals surface area contributed by atoms with E-state index in [1.807, 2.05) is 4.57 Å². The number of aryl methyl sites for hydroxylation is 2. The maximum atomic E-state index is 9.37. The van der Waals surface area contributed by atoms with Gasteiger partial charge in [-0.1, -0.05) is 32.0 Å². The third-order valence-corrected chi connectivity index (χ3v) is 3.35. The van der Waals surface area contributed by atoms with Gasteiger partial charge >= 0.3 is 0 Å². The lowest BCUT2D eigenvalue weighted by Crippen LogP contribution is -2.07. The van der Waals surface area contributed by atoms with E-state index in [1.165, 1.54) is 11.1 Å². The van der Waals surface area contributed by atoms with Crippen molar-refractivity contribution in [3.8, 4) is 5.69 Å². The van der Waals surface area contributed by atoms with E-state index in [0.717, 1.165) is 18.5 Å². The maximum Gasteiger partial charge on any atom is 0.199 e. The van der Waals surface area contributed by atoms with E-state index in [4.69, 9.17) is 12.2 Å². The zero-order chi connectivity index (χ0) is 13.1. The molecule has 0 amide bonds. The van der Waals surface area contributed by atoms with Gasteiger partial charge in [-0.3, -0.25) is 9.67 Å². The number of para-hydroxylation sites is 1. The molecule has 18 heavy (non-hydrogen) atoms. The van der Waals surface area contributed by atoms with Crippen LogP contribution in [0.5, 0.6) is 0 Å². The third kappa shape index (κ3) is 2.11. The van der Waals surface area contributed by atoms with E-state index in [0.29, 0.717) is 10.6 Å². The van der Waals surface area contributed by atoms with E-state index in [2.05, 4.69) is 42.2 Å². The monoisotopic (exact) mass is 263 g/mol. The number of H-pyrrole nitrogens is 1. The Hall–Kier alpha value is -1.46. The van der Waals surface area contributed by atoms with Crippen LogP contribution in [0.2, 0.25) is 0 Å². The van der Waals surface area contributed by atoms with Crippen LogP contribution in [0.25, 0.3) is 5.69 Å². The van der Waals surface area contributed by atoms with E-state index < -0.39 is 0 Å². The quantitative estimate of drug-likeness (QED) is 0.834. The van der Waals surface area contributed by atoms with Gasteiger partial charge in [-0.05, 0) is 36.2 Å². The molecule has 2 aromatic rings. The molecule has 1 aromatic carbocycles. The Labute approximate surface area is 111 Å². The minimum atomic E-state index is -0.131. The zero-order valence-corrected chi connectivity index (χ0v) is 11.4. The van der Waals surface area contributed by atoms with Crippen molar-refractivity contribution in [2.24, 2.45) is 0 Å². The first-order valence-corrected chi connectivity index (χ1v) is 6.52. The number of aliphatic hydroxyl groups excluding tert-OH is 1. The highest BCUT2D eigenvalue weighted by molar-refractivity contribution is 7.71. The number of benzene rings is 1. The fraction of sp³-hybridized carbons (Fsp3) is 0.385. The highest BCUT2D eigenvalue weighted by Crippen LogP contribution is 2.23. The van der Waals surface area contributed by atoms with Crippen molar-refractivity contribution >= 4 is 12.2 Å². The van der Waals surface area contributed by atoms with Gasteiger partial charge in [0.15, 0.2) is 10.6 Å². The SMILES string of the molecule is CCc1cccc(CC)c1-n1c(CO)n[nH]c1=S. The summed E-state index contributed by atoms with van der Waals surface area (Å²) in [6.07, 6.45) is 1.84. The Morgan fingerprint density at radius 2 is 1.89 bits per heavy atom. The molecule has 0 spiro atoms. The summed E-state index contributed by atoms with van der Waals surface area (Å²) in [7, 11) is 0. The van der Waals surface area contributed by atoms with Gasteiger partial charge in [0.1, 0.15) is 6.61 Å². The molecule has 0 radical (unpaired) electrons. The van der Waals surface area contributed by atoms with Crippen LogP contribution in [0.4, 0.5) is 0 Å². The van der Waals surface area contributed by atoms with Gasteiger partial charge in [-0.2, -0.15) is 5.10 Å². The summed E-state index contributed by atoms with van der Waals surface area (Å²) in [6, 6.07) is 6.23. The first-order valence-electron chi connectivity index (χ1n) is 6.11. The molecule has 4 nitrogen and oxygen atoms in total. The Bertz CT molecular complexity index is 578. The van der Waals surface area contributed by atoms with Crippen molar-refractivity contribution in [2.45, 2.75) is 33.3 Å². The van der Waals surface area contributed by atoms with Crippen molar-refractivity contribution in [2.75, 3.05) is 0 Å². The maximum absolute atomic E-state index is 9.37. The van der Waals surface area contributed by atoms with Gasteiger partial charge in [0.05, 0.1) is 5.69 Å². The van der Waals surface area contributed by atoms with Gasteiger partial charge < -0.3 is 5.11 Å². The lowest BCUT2D eigenvalue weighted by molar-refractivity contribution is 0.268. The molecule has 0 aliphatic carbocycles. The summed E-state index contributed by atoms with van der Waals surface area (Å²) >= 11 is 5.27. The molecule has 1 heterocycles. The highest BCUT2D eigenvalue weighted by Gasteiger charge is 2.13. The molecule has 96 valence electrons. The van der Waals surface area contributed by atoms with Crippen LogP contribution >= 0.6 is 12.2 Å². The van der Waals surface area contributed by atoms with Gasteiger partial charge in [-0.25, -0.2) is 0 Å². The fourth-order valence-electron chi connectivity index (χ4n) is 2.17. The minimum absolute atomic E-state index is 0.131. The predicted molar refractivity (Wildman–Crippen MR) is 73.4 cm³/mol. The molecule has 2 N–H and O–H groups in total. The number of aromatic nitrogens is 3. The standard InChI is InChI=1S/C13H17N3OS/c1-3-9-6-5-7-10(4-2)12(9)16-11(8-17)14-15-13(16)18/h5-7,17H,3-4,8H2,1-2H3,(H,15,18). The van der Waals surface area contributed by atoms with Crippen molar-refractivity contribution in [3.63, 3.8) is 0 Å². The third-order valence-electron chi connectivity index (χ3n) is 3.07.